The molecule has 1 aromatic rings. The highest BCUT2D eigenvalue weighted by molar-refractivity contribution is 5.92. The van der Waals surface area contributed by atoms with E-state index < -0.39 is 60.9 Å². The highest BCUT2D eigenvalue weighted by Gasteiger charge is 2.25. The number of aliphatic hydroxyl groups is 1. The summed E-state index contributed by atoms with van der Waals surface area (Å²) in [6.45, 7) is -1.47. The third kappa shape index (κ3) is 9.40. The first-order chi connectivity index (χ1) is 15.0. The van der Waals surface area contributed by atoms with Crippen molar-refractivity contribution in [3.63, 3.8) is 0 Å². The highest BCUT2D eigenvalue weighted by atomic mass is 16.4. The van der Waals surface area contributed by atoms with E-state index >= 15 is 0 Å². The molecule has 9 N–H and O–H groups in total. The number of phenols is 1. The third-order valence-electron chi connectivity index (χ3n) is 4.25. The van der Waals surface area contributed by atoms with E-state index in [0.717, 1.165) is 0 Å². The number of aliphatic hydroxyl groups excluding tert-OH is 1. The molecule has 176 valence electrons. The first-order valence-electron chi connectivity index (χ1n) is 9.49. The lowest BCUT2D eigenvalue weighted by atomic mass is 10.0. The molecule has 3 unspecified atom stereocenters. The number of benzene rings is 1. The summed E-state index contributed by atoms with van der Waals surface area (Å²) < 4.78 is 0. The Labute approximate surface area is 182 Å². The van der Waals surface area contributed by atoms with Crippen molar-refractivity contribution in [2.24, 2.45) is 5.73 Å². The molecule has 0 aliphatic carbocycles. The summed E-state index contributed by atoms with van der Waals surface area (Å²) in [6, 6.07) is 1.83. The van der Waals surface area contributed by atoms with Gasteiger partial charge in [-0.05, 0) is 24.1 Å². The number of hydrogen-bond acceptors (Lipinski definition) is 8. The number of carboxylic acids is 2. The SMILES string of the molecule is NC(CCC(=O)O)C(=O)NC(Cc1ccc(O)cc1)C(=O)NCC(=O)NC(CO)C(=O)O. The number of amides is 3. The molecule has 0 fully saturated rings. The average Bonchev–Trinajstić information content (AvgIpc) is 2.74. The number of aromatic hydroxyl groups is 1. The van der Waals surface area contributed by atoms with Crippen LogP contribution in [0.5, 0.6) is 5.75 Å². The predicted octanol–water partition coefficient (Wildman–Crippen LogP) is -2.71. The van der Waals surface area contributed by atoms with Crippen LogP contribution < -0.4 is 21.7 Å². The Kier molecular flexibility index (Phi) is 10.6. The van der Waals surface area contributed by atoms with Crippen molar-refractivity contribution in [3.05, 3.63) is 29.8 Å². The lowest BCUT2D eigenvalue weighted by molar-refractivity contribution is -0.143. The van der Waals surface area contributed by atoms with Crippen LogP contribution in [0.1, 0.15) is 18.4 Å². The second-order valence-electron chi connectivity index (χ2n) is 6.83. The van der Waals surface area contributed by atoms with Gasteiger partial charge in [0.05, 0.1) is 19.2 Å². The molecule has 3 atom stereocenters. The van der Waals surface area contributed by atoms with Crippen molar-refractivity contribution < 1.29 is 44.4 Å². The Morgan fingerprint density at radius 3 is 2.09 bits per heavy atom. The van der Waals surface area contributed by atoms with Crippen LogP contribution in [0.15, 0.2) is 24.3 Å². The molecule has 0 saturated heterocycles. The van der Waals surface area contributed by atoms with Crippen molar-refractivity contribution in [3.8, 4) is 5.75 Å². The minimum atomic E-state index is -1.54. The van der Waals surface area contributed by atoms with Crippen molar-refractivity contribution in [2.75, 3.05) is 13.2 Å². The Hall–Kier alpha value is -3.71. The second kappa shape index (κ2) is 12.9. The fourth-order valence-corrected chi connectivity index (χ4v) is 2.49. The number of rotatable bonds is 13. The van der Waals surface area contributed by atoms with Crippen molar-refractivity contribution in [1.82, 2.24) is 16.0 Å². The average molecular weight is 454 g/mol. The van der Waals surface area contributed by atoms with Gasteiger partial charge >= 0.3 is 11.9 Å². The highest BCUT2D eigenvalue weighted by Crippen LogP contribution is 2.11. The molecule has 0 bridgehead atoms. The molecule has 13 nitrogen and oxygen atoms in total. The summed E-state index contributed by atoms with van der Waals surface area (Å²) in [5.74, 6) is -5.06. The third-order valence-corrected chi connectivity index (χ3v) is 4.25. The summed E-state index contributed by atoms with van der Waals surface area (Å²) in [5, 5.41) is 42.5. The monoisotopic (exact) mass is 454 g/mol. The topological polar surface area (TPSA) is 228 Å². The molecule has 0 saturated carbocycles. The number of nitrogens with two attached hydrogens (primary N) is 1. The molecule has 1 aromatic carbocycles. The number of nitrogens with one attached hydrogen (secondary N) is 3. The number of carbonyl (C=O) groups is 5. The molecule has 0 radical (unpaired) electrons. The fraction of sp³-hybridized carbons (Fsp3) is 0.421. The van der Waals surface area contributed by atoms with Gasteiger partial charge < -0.3 is 42.1 Å². The molecule has 1 rings (SSSR count). The van der Waals surface area contributed by atoms with E-state index in [-0.39, 0.29) is 25.0 Å². The summed E-state index contributed by atoms with van der Waals surface area (Å²) in [6.07, 6.45) is -0.548. The number of phenolic OH excluding ortho intramolecular Hbond substituents is 1. The van der Waals surface area contributed by atoms with Gasteiger partial charge in [0, 0.05) is 12.8 Å². The smallest absolute Gasteiger partial charge is 0.328 e. The molecule has 0 aromatic heterocycles. The van der Waals surface area contributed by atoms with Gasteiger partial charge in [0.15, 0.2) is 0 Å². The maximum Gasteiger partial charge on any atom is 0.328 e. The van der Waals surface area contributed by atoms with E-state index in [4.69, 9.17) is 21.1 Å². The number of aliphatic carboxylic acids is 2. The van der Waals surface area contributed by atoms with E-state index in [1.54, 1.807) is 0 Å². The van der Waals surface area contributed by atoms with E-state index in [9.17, 15) is 29.1 Å². The summed E-state index contributed by atoms with van der Waals surface area (Å²) >= 11 is 0. The Balaban J connectivity index is 2.82. The Morgan fingerprint density at radius 1 is 0.938 bits per heavy atom. The molecule has 13 heteroatoms. The second-order valence-corrected chi connectivity index (χ2v) is 6.83. The summed E-state index contributed by atoms with van der Waals surface area (Å²) in [4.78, 5) is 58.2. The quantitative estimate of drug-likeness (QED) is 0.154. The number of hydrogen-bond donors (Lipinski definition) is 8. The zero-order chi connectivity index (χ0) is 24.3. The maximum absolute atomic E-state index is 12.6. The van der Waals surface area contributed by atoms with Gasteiger partial charge in [-0.2, -0.15) is 0 Å². The first-order valence-corrected chi connectivity index (χ1v) is 9.49. The van der Waals surface area contributed by atoms with Crippen LogP contribution in [0.2, 0.25) is 0 Å². The number of carboxylic acid groups (broad SMARTS) is 2. The zero-order valence-electron chi connectivity index (χ0n) is 17.0. The van der Waals surface area contributed by atoms with E-state index in [2.05, 4.69) is 10.6 Å². The van der Waals surface area contributed by atoms with Crippen LogP contribution in [-0.4, -0.2) is 81.4 Å². The lowest BCUT2D eigenvalue weighted by Crippen LogP contribution is -2.54. The minimum Gasteiger partial charge on any atom is -0.508 e. The number of carbonyl (C=O) groups excluding carboxylic acids is 3. The van der Waals surface area contributed by atoms with Gasteiger partial charge in [-0.3, -0.25) is 19.2 Å². The van der Waals surface area contributed by atoms with Gasteiger partial charge in [0.2, 0.25) is 17.7 Å². The zero-order valence-corrected chi connectivity index (χ0v) is 17.0. The standard InChI is InChI=1S/C19H26N4O9/c20-12(5-6-16(27)28)17(29)23-13(7-10-1-3-11(25)4-2-10)18(30)21-8-15(26)22-14(9-24)19(31)32/h1-4,12-14,24-25H,5-9,20H2,(H,21,30)(H,22,26)(H,23,29)(H,27,28)(H,31,32). The molecule has 0 spiro atoms. The lowest BCUT2D eigenvalue weighted by Gasteiger charge is -2.21. The van der Waals surface area contributed by atoms with E-state index in [1.807, 2.05) is 5.32 Å². The van der Waals surface area contributed by atoms with Crippen LogP contribution in [-0.2, 0) is 30.4 Å². The van der Waals surface area contributed by atoms with Crippen LogP contribution in [0.4, 0.5) is 0 Å². The Morgan fingerprint density at radius 2 is 1.56 bits per heavy atom. The maximum atomic E-state index is 12.6. The fourth-order valence-electron chi connectivity index (χ4n) is 2.49. The Bertz CT molecular complexity index is 829. The van der Waals surface area contributed by atoms with Crippen molar-refractivity contribution in [1.29, 1.82) is 0 Å². The molecule has 0 aliphatic rings. The van der Waals surface area contributed by atoms with Crippen LogP contribution >= 0.6 is 0 Å². The molecule has 0 heterocycles. The molecular weight excluding hydrogens is 428 g/mol. The molecular formula is C19H26N4O9. The van der Waals surface area contributed by atoms with Gasteiger partial charge in [-0.1, -0.05) is 12.1 Å². The van der Waals surface area contributed by atoms with Gasteiger partial charge in [-0.25, -0.2) is 4.79 Å². The predicted molar refractivity (Wildman–Crippen MR) is 108 cm³/mol. The van der Waals surface area contributed by atoms with Gasteiger partial charge in [0.25, 0.3) is 0 Å². The van der Waals surface area contributed by atoms with Gasteiger partial charge in [0.1, 0.15) is 17.8 Å². The van der Waals surface area contributed by atoms with E-state index in [0.29, 0.717) is 5.56 Å². The largest absolute Gasteiger partial charge is 0.508 e. The van der Waals surface area contributed by atoms with Crippen molar-refractivity contribution >= 4 is 29.7 Å². The van der Waals surface area contributed by atoms with Crippen molar-refractivity contribution in [2.45, 2.75) is 37.4 Å². The summed E-state index contributed by atoms with van der Waals surface area (Å²) in [5.41, 5.74) is 6.22. The molecule has 32 heavy (non-hydrogen) atoms. The normalized spacial score (nSPS) is 13.3. The van der Waals surface area contributed by atoms with Gasteiger partial charge in [-0.15, -0.1) is 0 Å². The van der Waals surface area contributed by atoms with Crippen LogP contribution in [0, 0.1) is 0 Å². The minimum absolute atomic E-state index is 0.0111. The van der Waals surface area contributed by atoms with E-state index in [1.165, 1.54) is 24.3 Å². The van der Waals surface area contributed by atoms with Crippen LogP contribution in [0.25, 0.3) is 0 Å². The van der Waals surface area contributed by atoms with Crippen LogP contribution in [0.3, 0.4) is 0 Å². The molecule has 3 amide bonds. The first kappa shape index (κ1) is 26.3. The summed E-state index contributed by atoms with van der Waals surface area (Å²) in [7, 11) is 0. The molecule has 0 aliphatic heterocycles.